The molecule has 1 amide bonds. The van der Waals surface area contributed by atoms with Gasteiger partial charge in [0.2, 0.25) is 0 Å². The molecule has 2 nitrogen and oxygen atoms in total. The van der Waals surface area contributed by atoms with Crippen LogP contribution in [-0.4, -0.2) is 17.4 Å². The Labute approximate surface area is 113 Å². The van der Waals surface area contributed by atoms with Crippen LogP contribution in [0.5, 0.6) is 0 Å². The van der Waals surface area contributed by atoms with Gasteiger partial charge in [-0.2, -0.15) is 0 Å². The zero-order valence-electron chi connectivity index (χ0n) is 10.6. The number of hydrogen-bond donors (Lipinski definition) is 0. The molecule has 0 spiro atoms. The highest BCUT2D eigenvalue weighted by Crippen LogP contribution is 2.25. The van der Waals surface area contributed by atoms with E-state index in [9.17, 15) is 4.79 Å². The number of amides is 1. The highest BCUT2D eigenvalue weighted by Gasteiger charge is 2.22. The molecule has 1 unspecified atom stereocenters. The molecule has 0 bridgehead atoms. The molecule has 0 radical (unpaired) electrons. The van der Waals surface area contributed by atoms with Gasteiger partial charge in [-0.05, 0) is 17.7 Å². The lowest BCUT2D eigenvalue weighted by Gasteiger charge is -2.16. The molecule has 19 heavy (non-hydrogen) atoms. The summed E-state index contributed by atoms with van der Waals surface area (Å²) >= 11 is 0. The highest BCUT2D eigenvalue weighted by atomic mass is 16.2. The molecule has 0 aromatic heterocycles. The third kappa shape index (κ3) is 2.43. The maximum atomic E-state index is 12.3. The quantitative estimate of drug-likeness (QED) is 0.798. The van der Waals surface area contributed by atoms with Crippen molar-refractivity contribution in [3.05, 3.63) is 84.1 Å². The van der Waals surface area contributed by atoms with E-state index in [4.69, 9.17) is 0 Å². The van der Waals surface area contributed by atoms with E-state index in [0.29, 0.717) is 5.92 Å². The zero-order chi connectivity index (χ0) is 13.1. The topological polar surface area (TPSA) is 20.3 Å². The standard InChI is InChI=1S/C17H15NO/c19-17(15-9-5-2-6-10-15)18-12-11-16(13-18)14-7-3-1-4-8-14/h1-12,16H,13H2. The molecule has 1 heterocycles. The molecule has 0 saturated carbocycles. The van der Waals surface area contributed by atoms with Crippen LogP contribution in [0.2, 0.25) is 0 Å². The minimum absolute atomic E-state index is 0.0651. The van der Waals surface area contributed by atoms with Gasteiger partial charge in [0.15, 0.2) is 0 Å². The summed E-state index contributed by atoms with van der Waals surface area (Å²) in [5.74, 6) is 0.365. The smallest absolute Gasteiger partial charge is 0.257 e. The van der Waals surface area contributed by atoms with Crippen LogP contribution in [-0.2, 0) is 0 Å². The number of carbonyl (C=O) groups excluding carboxylic acids is 1. The van der Waals surface area contributed by atoms with Crippen LogP contribution in [0.4, 0.5) is 0 Å². The van der Waals surface area contributed by atoms with Crippen molar-refractivity contribution in [2.24, 2.45) is 0 Å². The average molecular weight is 249 g/mol. The van der Waals surface area contributed by atoms with Gasteiger partial charge in [-0.15, -0.1) is 0 Å². The summed E-state index contributed by atoms with van der Waals surface area (Å²) in [4.78, 5) is 14.1. The lowest BCUT2D eigenvalue weighted by atomic mass is 10.0. The molecule has 0 saturated heterocycles. The van der Waals surface area contributed by atoms with Gasteiger partial charge in [0.25, 0.3) is 5.91 Å². The molecule has 0 aliphatic carbocycles. The first-order valence-electron chi connectivity index (χ1n) is 6.44. The molecule has 2 aromatic carbocycles. The fourth-order valence-electron chi connectivity index (χ4n) is 2.36. The summed E-state index contributed by atoms with van der Waals surface area (Å²) in [6.07, 6.45) is 3.99. The van der Waals surface area contributed by atoms with E-state index >= 15 is 0 Å². The van der Waals surface area contributed by atoms with E-state index in [1.54, 1.807) is 4.90 Å². The van der Waals surface area contributed by atoms with Crippen molar-refractivity contribution in [2.45, 2.75) is 5.92 Å². The van der Waals surface area contributed by atoms with Crippen molar-refractivity contribution in [2.75, 3.05) is 6.54 Å². The summed E-state index contributed by atoms with van der Waals surface area (Å²) in [6.45, 7) is 0.720. The minimum Gasteiger partial charge on any atom is -0.314 e. The average Bonchev–Trinajstić information content (AvgIpc) is 2.98. The van der Waals surface area contributed by atoms with Crippen LogP contribution in [0.1, 0.15) is 21.8 Å². The number of rotatable bonds is 2. The van der Waals surface area contributed by atoms with E-state index in [1.807, 2.05) is 54.7 Å². The van der Waals surface area contributed by atoms with Crippen molar-refractivity contribution >= 4 is 5.91 Å². The van der Waals surface area contributed by atoms with Crippen molar-refractivity contribution in [1.29, 1.82) is 0 Å². The Balaban J connectivity index is 1.74. The van der Waals surface area contributed by atoms with Gasteiger partial charge in [-0.3, -0.25) is 4.79 Å². The maximum Gasteiger partial charge on any atom is 0.257 e. The molecule has 1 aliphatic heterocycles. The zero-order valence-corrected chi connectivity index (χ0v) is 10.6. The molecular weight excluding hydrogens is 234 g/mol. The monoisotopic (exact) mass is 249 g/mol. The molecular formula is C17H15NO. The third-order valence-corrected chi connectivity index (χ3v) is 3.40. The summed E-state index contributed by atoms with van der Waals surface area (Å²) < 4.78 is 0. The molecule has 2 heteroatoms. The van der Waals surface area contributed by atoms with Crippen LogP contribution in [0.25, 0.3) is 0 Å². The first-order valence-corrected chi connectivity index (χ1v) is 6.44. The predicted molar refractivity (Wildman–Crippen MR) is 75.8 cm³/mol. The Bertz CT molecular complexity index is 589. The van der Waals surface area contributed by atoms with Crippen molar-refractivity contribution in [3.8, 4) is 0 Å². The van der Waals surface area contributed by atoms with Crippen LogP contribution in [0.15, 0.2) is 72.9 Å². The highest BCUT2D eigenvalue weighted by molar-refractivity contribution is 5.95. The van der Waals surface area contributed by atoms with Gasteiger partial charge in [-0.1, -0.05) is 54.6 Å². The van der Waals surface area contributed by atoms with Crippen molar-refractivity contribution < 1.29 is 4.79 Å². The number of nitrogens with zero attached hydrogens (tertiary/aromatic N) is 1. The van der Waals surface area contributed by atoms with Crippen LogP contribution in [0, 0.1) is 0 Å². The second-order valence-electron chi connectivity index (χ2n) is 4.68. The summed E-state index contributed by atoms with van der Waals surface area (Å²) in [6, 6.07) is 19.7. The van der Waals surface area contributed by atoms with E-state index in [1.165, 1.54) is 5.56 Å². The Kier molecular flexibility index (Phi) is 3.15. The molecule has 0 N–H and O–H groups in total. The van der Waals surface area contributed by atoms with Crippen LogP contribution in [0.3, 0.4) is 0 Å². The fraction of sp³-hybridized carbons (Fsp3) is 0.118. The van der Waals surface area contributed by atoms with Gasteiger partial charge in [0.05, 0.1) is 0 Å². The van der Waals surface area contributed by atoms with Crippen LogP contribution >= 0.6 is 0 Å². The van der Waals surface area contributed by atoms with Crippen molar-refractivity contribution in [1.82, 2.24) is 4.90 Å². The van der Waals surface area contributed by atoms with E-state index in [0.717, 1.165) is 12.1 Å². The first-order chi connectivity index (χ1) is 9.34. The minimum atomic E-state index is 0.0651. The van der Waals surface area contributed by atoms with Gasteiger partial charge >= 0.3 is 0 Å². The predicted octanol–water partition coefficient (Wildman–Crippen LogP) is 3.44. The van der Waals surface area contributed by atoms with Gasteiger partial charge in [0, 0.05) is 24.2 Å². The Morgan fingerprint density at radius 1 is 0.947 bits per heavy atom. The number of hydrogen-bond acceptors (Lipinski definition) is 1. The van der Waals surface area contributed by atoms with E-state index in [-0.39, 0.29) is 5.91 Å². The Morgan fingerprint density at radius 3 is 2.26 bits per heavy atom. The first kappa shape index (κ1) is 11.7. The van der Waals surface area contributed by atoms with Crippen LogP contribution < -0.4 is 0 Å². The summed E-state index contributed by atoms with van der Waals surface area (Å²) in [7, 11) is 0. The number of benzene rings is 2. The molecule has 0 fully saturated rings. The lowest BCUT2D eigenvalue weighted by molar-refractivity contribution is 0.0830. The Morgan fingerprint density at radius 2 is 1.58 bits per heavy atom. The maximum absolute atomic E-state index is 12.3. The van der Waals surface area contributed by atoms with E-state index < -0.39 is 0 Å². The normalized spacial score (nSPS) is 17.7. The summed E-state index contributed by atoms with van der Waals surface area (Å²) in [5, 5.41) is 0. The summed E-state index contributed by atoms with van der Waals surface area (Å²) in [5.41, 5.74) is 1.99. The SMILES string of the molecule is O=C(c1ccccc1)N1C=CC(c2ccccc2)C1. The van der Waals surface area contributed by atoms with Gasteiger partial charge in [0.1, 0.15) is 0 Å². The van der Waals surface area contributed by atoms with Gasteiger partial charge < -0.3 is 4.90 Å². The van der Waals surface area contributed by atoms with Gasteiger partial charge in [-0.25, -0.2) is 0 Å². The second-order valence-corrected chi connectivity index (χ2v) is 4.68. The molecule has 3 rings (SSSR count). The Hall–Kier alpha value is -2.35. The largest absolute Gasteiger partial charge is 0.314 e. The van der Waals surface area contributed by atoms with Crippen molar-refractivity contribution in [3.63, 3.8) is 0 Å². The molecule has 2 aromatic rings. The second kappa shape index (κ2) is 5.11. The molecule has 1 aliphatic rings. The fourth-order valence-corrected chi connectivity index (χ4v) is 2.36. The molecule has 1 atom stereocenters. The molecule has 94 valence electrons. The third-order valence-electron chi connectivity index (χ3n) is 3.40. The lowest BCUT2D eigenvalue weighted by Crippen LogP contribution is -2.25. The van der Waals surface area contributed by atoms with E-state index in [2.05, 4.69) is 18.2 Å². The number of carbonyl (C=O) groups is 1.